The molecule has 0 aromatic carbocycles. The molecule has 1 N–H and O–H groups in total. The number of nitrogens with zero attached hydrogens (tertiary/aromatic N) is 1. The Morgan fingerprint density at radius 3 is 3.00 bits per heavy atom. The van der Waals surface area contributed by atoms with Crippen molar-refractivity contribution in [1.82, 2.24) is 4.90 Å². The molecule has 0 saturated heterocycles. The molecule has 0 aromatic rings. The maximum Gasteiger partial charge on any atom is 0.328 e. The van der Waals surface area contributed by atoms with Gasteiger partial charge < -0.3 is 9.84 Å². The zero-order valence-electron chi connectivity index (χ0n) is 7.82. The fourth-order valence-electron chi connectivity index (χ4n) is 1.88. The number of likely N-dealkylation sites (N-methyl/N-ethyl adjacent to an activating group) is 1. The molecule has 2 heterocycles. The van der Waals surface area contributed by atoms with Crippen molar-refractivity contribution in [2.45, 2.75) is 12.5 Å². The van der Waals surface area contributed by atoms with Crippen molar-refractivity contribution in [1.29, 1.82) is 0 Å². The highest BCUT2D eigenvalue weighted by molar-refractivity contribution is 6.00. The number of carbonyl (C=O) groups excluding carboxylic acids is 1. The van der Waals surface area contributed by atoms with Gasteiger partial charge in [-0.3, -0.25) is 14.5 Å². The lowest BCUT2D eigenvalue weighted by Crippen LogP contribution is -2.43. The third-order valence-electron chi connectivity index (χ3n) is 2.63. The predicted octanol–water partition coefficient (Wildman–Crippen LogP) is -0.372. The summed E-state index contributed by atoms with van der Waals surface area (Å²) in [6.07, 6.45) is 0.592. The Bertz CT molecular complexity index is 334. The van der Waals surface area contributed by atoms with Gasteiger partial charge in [0, 0.05) is 12.1 Å². The van der Waals surface area contributed by atoms with E-state index in [9.17, 15) is 9.59 Å². The van der Waals surface area contributed by atoms with Gasteiger partial charge in [-0.15, -0.1) is 0 Å². The van der Waals surface area contributed by atoms with Crippen LogP contribution in [-0.2, 0) is 14.3 Å². The second-order valence-corrected chi connectivity index (χ2v) is 3.53. The molecule has 2 rings (SSSR count). The average Bonchev–Trinajstić information content (AvgIpc) is 2.47. The van der Waals surface area contributed by atoms with Crippen LogP contribution in [0.2, 0.25) is 0 Å². The van der Waals surface area contributed by atoms with Gasteiger partial charge in [0.25, 0.3) is 0 Å². The summed E-state index contributed by atoms with van der Waals surface area (Å²) in [6, 6.07) is -0.787. The lowest BCUT2D eigenvalue weighted by Gasteiger charge is -2.29. The Hall–Kier alpha value is -1.36. The van der Waals surface area contributed by atoms with Crippen LogP contribution < -0.4 is 0 Å². The summed E-state index contributed by atoms with van der Waals surface area (Å²) in [5.41, 5.74) is 0.565. The summed E-state index contributed by atoms with van der Waals surface area (Å²) in [4.78, 5) is 23.9. The molecular weight excluding hydrogens is 186 g/mol. The van der Waals surface area contributed by atoms with Gasteiger partial charge in [0.2, 0.25) is 0 Å². The molecule has 76 valence electrons. The van der Waals surface area contributed by atoms with E-state index in [-0.39, 0.29) is 12.4 Å². The average molecular weight is 197 g/mol. The first kappa shape index (κ1) is 9.21. The van der Waals surface area contributed by atoms with E-state index in [2.05, 4.69) is 0 Å². The van der Waals surface area contributed by atoms with Gasteiger partial charge in [0.1, 0.15) is 5.76 Å². The minimum absolute atomic E-state index is 0.00227. The molecule has 0 aliphatic carbocycles. The van der Waals surface area contributed by atoms with Crippen LogP contribution in [0.25, 0.3) is 0 Å². The molecule has 0 fully saturated rings. The number of carboxylic acids is 1. The first-order valence-electron chi connectivity index (χ1n) is 4.43. The quantitative estimate of drug-likeness (QED) is 0.621. The largest absolute Gasteiger partial charge is 0.487 e. The number of carbonyl (C=O) groups is 2. The number of rotatable bonds is 1. The monoisotopic (exact) mass is 197 g/mol. The Morgan fingerprint density at radius 1 is 1.64 bits per heavy atom. The Kier molecular flexibility index (Phi) is 2.03. The number of carboxylic acid groups (broad SMARTS) is 1. The van der Waals surface area contributed by atoms with Gasteiger partial charge in [0.15, 0.2) is 18.4 Å². The van der Waals surface area contributed by atoms with Crippen LogP contribution >= 0.6 is 0 Å². The molecule has 0 aromatic heterocycles. The summed E-state index contributed by atoms with van der Waals surface area (Å²) >= 11 is 0. The van der Waals surface area contributed by atoms with Gasteiger partial charge in [-0.05, 0) is 13.5 Å². The van der Waals surface area contributed by atoms with E-state index in [1.54, 1.807) is 11.9 Å². The highest BCUT2D eigenvalue weighted by Crippen LogP contribution is 2.29. The minimum atomic E-state index is -0.964. The lowest BCUT2D eigenvalue weighted by molar-refractivity contribution is -0.142. The van der Waals surface area contributed by atoms with E-state index in [0.29, 0.717) is 24.3 Å². The molecule has 0 saturated carbocycles. The van der Waals surface area contributed by atoms with Crippen molar-refractivity contribution in [2.24, 2.45) is 0 Å². The van der Waals surface area contributed by atoms with Gasteiger partial charge in [-0.2, -0.15) is 0 Å². The topological polar surface area (TPSA) is 66.8 Å². The number of aliphatic carboxylic acids is 1. The summed E-state index contributed by atoms with van der Waals surface area (Å²) < 4.78 is 5.12. The Labute approximate surface area is 80.9 Å². The smallest absolute Gasteiger partial charge is 0.328 e. The molecule has 0 spiro atoms. The third kappa shape index (κ3) is 1.21. The highest BCUT2D eigenvalue weighted by atomic mass is 16.5. The van der Waals surface area contributed by atoms with Crippen molar-refractivity contribution in [3.05, 3.63) is 11.3 Å². The van der Waals surface area contributed by atoms with Crippen LogP contribution in [0.3, 0.4) is 0 Å². The van der Waals surface area contributed by atoms with Crippen molar-refractivity contribution in [2.75, 3.05) is 20.2 Å². The fraction of sp³-hybridized carbons (Fsp3) is 0.556. The van der Waals surface area contributed by atoms with E-state index in [4.69, 9.17) is 9.84 Å². The normalized spacial score (nSPS) is 27.5. The zero-order chi connectivity index (χ0) is 10.3. The first-order chi connectivity index (χ1) is 6.61. The summed E-state index contributed by atoms with van der Waals surface area (Å²) in [5.74, 6) is -0.690. The molecule has 2 aliphatic heterocycles. The van der Waals surface area contributed by atoms with Gasteiger partial charge in [0.05, 0.1) is 0 Å². The number of ether oxygens (including phenoxy) is 1. The molecule has 0 bridgehead atoms. The maximum absolute atomic E-state index is 11.3. The second kappa shape index (κ2) is 3.09. The maximum atomic E-state index is 11.3. The van der Waals surface area contributed by atoms with Crippen LogP contribution in [0, 0.1) is 0 Å². The number of Topliss-reactive ketones (excluding diaryl/α,β-unsaturated/α-hetero) is 1. The molecule has 1 unspecified atom stereocenters. The molecule has 0 radical (unpaired) electrons. The standard InChI is InChI=1S/C9H11NO4/c1-10-3-2-5-6(11)4-14-8(5)7(10)9(12)13/h7H,2-4H2,1H3,(H,12,13). The van der Waals surface area contributed by atoms with E-state index < -0.39 is 12.0 Å². The van der Waals surface area contributed by atoms with Crippen LogP contribution in [-0.4, -0.2) is 48.0 Å². The SMILES string of the molecule is CN1CCC2=C(OCC2=O)C1C(=O)O. The van der Waals surface area contributed by atoms with Crippen molar-refractivity contribution in [3.8, 4) is 0 Å². The third-order valence-corrected chi connectivity index (χ3v) is 2.63. The second-order valence-electron chi connectivity index (χ2n) is 3.53. The molecule has 14 heavy (non-hydrogen) atoms. The van der Waals surface area contributed by atoms with E-state index >= 15 is 0 Å². The van der Waals surface area contributed by atoms with Crippen molar-refractivity contribution in [3.63, 3.8) is 0 Å². The lowest BCUT2D eigenvalue weighted by atomic mass is 9.99. The fourth-order valence-corrected chi connectivity index (χ4v) is 1.88. The zero-order valence-corrected chi connectivity index (χ0v) is 7.82. The number of hydrogen-bond donors (Lipinski definition) is 1. The molecule has 1 atom stereocenters. The van der Waals surface area contributed by atoms with Crippen LogP contribution in [0.4, 0.5) is 0 Å². The summed E-state index contributed by atoms with van der Waals surface area (Å²) in [6.45, 7) is 0.590. The Balaban J connectivity index is 2.38. The first-order valence-corrected chi connectivity index (χ1v) is 4.43. The van der Waals surface area contributed by atoms with Crippen LogP contribution in [0.1, 0.15) is 6.42 Å². The van der Waals surface area contributed by atoms with E-state index in [1.807, 2.05) is 0 Å². The predicted molar refractivity (Wildman–Crippen MR) is 46.7 cm³/mol. The van der Waals surface area contributed by atoms with Crippen molar-refractivity contribution < 1.29 is 19.4 Å². The van der Waals surface area contributed by atoms with Crippen molar-refractivity contribution >= 4 is 11.8 Å². The molecule has 5 nitrogen and oxygen atoms in total. The van der Waals surface area contributed by atoms with Gasteiger partial charge >= 0.3 is 5.97 Å². The molecule has 0 amide bonds. The van der Waals surface area contributed by atoms with E-state index in [1.165, 1.54) is 0 Å². The van der Waals surface area contributed by atoms with E-state index in [0.717, 1.165) is 0 Å². The van der Waals surface area contributed by atoms with Crippen LogP contribution in [0.15, 0.2) is 11.3 Å². The minimum Gasteiger partial charge on any atom is -0.487 e. The highest BCUT2D eigenvalue weighted by Gasteiger charge is 2.40. The summed E-state index contributed by atoms with van der Waals surface area (Å²) in [5, 5.41) is 8.97. The number of ketones is 1. The van der Waals surface area contributed by atoms with Gasteiger partial charge in [-0.1, -0.05) is 0 Å². The Morgan fingerprint density at radius 2 is 2.36 bits per heavy atom. The number of hydrogen-bond acceptors (Lipinski definition) is 4. The van der Waals surface area contributed by atoms with Gasteiger partial charge in [-0.25, -0.2) is 0 Å². The summed E-state index contributed by atoms with van der Waals surface area (Å²) in [7, 11) is 1.72. The molecular formula is C9H11NO4. The van der Waals surface area contributed by atoms with Crippen LogP contribution in [0.5, 0.6) is 0 Å². The molecule has 2 aliphatic rings. The molecule has 5 heteroatoms.